The normalized spacial score (nSPS) is 26.7. The molecule has 0 radical (unpaired) electrons. The first-order valence-electron chi connectivity index (χ1n) is 4.75. The highest BCUT2D eigenvalue weighted by Crippen LogP contribution is 2.38. The minimum Gasteiger partial charge on any atom is -0.373 e. The fourth-order valence-electron chi connectivity index (χ4n) is 1.84. The Morgan fingerprint density at radius 3 is 2.93 bits per heavy atom. The molecule has 1 saturated heterocycles. The van der Waals surface area contributed by atoms with Crippen LogP contribution < -0.4 is 0 Å². The van der Waals surface area contributed by atoms with Crippen LogP contribution in [0.2, 0.25) is 0 Å². The summed E-state index contributed by atoms with van der Waals surface area (Å²) in [7, 11) is 0. The van der Waals surface area contributed by atoms with Crippen molar-refractivity contribution in [3.8, 4) is 0 Å². The van der Waals surface area contributed by atoms with Crippen molar-refractivity contribution in [1.29, 1.82) is 0 Å². The third-order valence-electron chi connectivity index (χ3n) is 2.62. The van der Waals surface area contributed by atoms with Crippen LogP contribution in [0.1, 0.15) is 18.1 Å². The molecule has 1 aliphatic heterocycles. The molecule has 1 aromatic rings. The Balaban J connectivity index is 2.26. The van der Waals surface area contributed by atoms with Crippen molar-refractivity contribution in [2.75, 3.05) is 12.5 Å². The molecular weight excluding hydrogens is 263 g/mol. The Morgan fingerprint density at radius 1 is 1.43 bits per heavy atom. The first-order valence-corrected chi connectivity index (χ1v) is 6.07. The second kappa shape index (κ2) is 4.65. The lowest BCUT2D eigenvalue weighted by atomic mass is 9.97. The van der Waals surface area contributed by atoms with Gasteiger partial charge in [-0.15, -0.1) is 11.6 Å². The van der Waals surface area contributed by atoms with Gasteiger partial charge in [0.25, 0.3) is 0 Å². The number of hydrogen-bond acceptors (Lipinski definition) is 1. The molecule has 1 aromatic carbocycles. The summed E-state index contributed by atoms with van der Waals surface area (Å²) in [6.45, 7) is 0.823. The Labute approximate surface area is 97.5 Å². The highest BCUT2D eigenvalue weighted by Gasteiger charge is 2.29. The molecule has 2 rings (SSSR count). The maximum atomic E-state index is 5.91. The molecule has 1 nitrogen and oxygen atoms in total. The van der Waals surface area contributed by atoms with E-state index < -0.39 is 0 Å². The molecule has 2 unspecified atom stereocenters. The molecule has 0 saturated carbocycles. The minimum absolute atomic E-state index is 0.170. The smallest absolute Gasteiger partial charge is 0.0876 e. The number of ether oxygens (including phenoxy) is 1. The fraction of sp³-hybridized carbons (Fsp3) is 0.455. The SMILES string of the molecule is ClCC1CCOC1c1ccccc1Br. The maximum absolute atomic E-state index is 5.91. The minimum atomic E-state index is 0.170. The molecule has 0 bridgehead atoms. The molecule has 3 heteroatoms. The second-order valence-corrected chi connectivity index (χ2v) is 4.68. The van der Waals surface area contributed by atoms with Gasteiger partial charge in [-0.3, -0.25) is 0 Å². The van der Waals surface area contributed by atoms with E-state index in [1.165, 1.54) is 5.56 Å². The van der Waals surface area contributed by atoms with Crippen molar-refractivity contribution >= 4 is 27.5 Å². The van der Waals surface area contributed by atoms with Crippen molar-refractivity contribution in [1.82, 2.24) is 0 Å². The summed E-state index contributed by atoms with van der Waals surface area (Å²) in [5, 5.41) is 0. The molecule has 0 N–H and O–H groups in total. The van der Waals surface area contributed by atoms with E-state index >= 15 is 0 Å². The standard InChI is InChI=1S/C11H12BrClO/c12-10-4-2-1-3-9(10)11-8(7-13)5-6-14-11/h1-4,8,11H,5-7H2. The summed E-state index contributed by atoms with van der Waals surface area (Å²) in [5.74, 6) is 1.13. The van der Waals surface area contributed by atoms with Crippen LogP contribution in [-0.4, -0.2) is 12.5 Å². The van der Waals surface area contributed by atoms with Crippen LogP contribution in [0.4, 0.5) is 0 Å². The number of hydrogen-bond donors (Lipinski definition) is 0. The molecule has 1 heterocycles. The lowest BCUT2D eigenvalue weighted by Gasteiger charge is -2.17. The van der Waals surface area contributed by atoms with Gasteiger partial charge in [-0.25, -0.2) is 0 Å². The molecule has 1 aliphatic rings. The number of benzene rings is 1. The summed E-state index contributed by atoms with van der Waals surface area (Å²) < 4.78 is 6.82. The van der Waals surface area contributed by atoms with E-state index in [0.717, 1.165) is 17.5 Å². The van der Waals surface area contributed by atoms with E-state index in [9.17, 15) is 0 Å². The Bertz CT molecular complexity index is 316. The van der Waals surface area contributed by atoms with E-state index in [1.54, 1.807) is 0 Å². The zero-order valence-electron chi connectivity index (χ0n) is 7.75. The molecule has 0 amide bonds. The molecule has 1 fully saturated rings. The average Bonchev–Trinajstić information content (AvgIpc) is 2.66. The monoisotopic (exact) mass is 274 g/mol. The molecule has 2 atom stereocenters. The van der Waals surface area contributed by atoms with Gasteiger partial charge in [0.2, 0.25) is 0 Å². The lowest BCUT2D eigenvalue weighted by Crippen LogP contribution is -2.09. The van der Waals surface area contributed by atoms with Gasteiger partial charge in [-0.1, -0.05) is 34.1 Å². The summed E-state index contributed by atoms with van der Waals surface area (Å²) in [5.41, 5.74) is 1.22. The predicted molar refractivity (Wildman–Crippen MR) is 61.7 cm³/mol. The van der Waals surface area contributed by atoms with Gasteiger partial charge >= 0.3 is 0 Å². The molecular formula is C11H12BrClO. The lowest BCUT2D eigenvalue weighted by molar-refractivity contribution is 0.0946. The van der Waals surface area contributed by atoms with Gasteiger partial charge in [0.1, 0.15) is 0 Å². The van der Waals surface area contributed by atoms with Crippen molar-refractivity contribution in [3.63, 3.8) is 0 Å². The molecule has 0 spiro atoms. The van der Waals surface area contributed by atoms with Crippen molar-refractivity contribution in [3.05, 3.63) is 34.3 Å². The van der Waals surface area contributed by atoms with Crippen LogP contribution >= 0.6 is 27.5 Å². The Kier molecular flexibility index (Phi) is 3.47. The largest absolute Gasteiger partial charge is 0.373 e. The quantitative estimate of drug-likeness (QED) is 0.747. The van der Waals surface area contributed by atoms with E-state index in [4.69, 9.17) is 16.3 Å². The van der Waals surface area contributed by atoms with E-state index in [2.05, 4.69) is 22.0 Å². The molecule has 0 aromatic heterocycles. The zero-order chi connectivity index (χ0) is 9.97. The zero-order valence-corrected chi connectivity index (χ0v) is 10.1. The van der Waals surface area contributed by atoms with Crippen LogP contribution in [0, 0.1) is 5.92 Å². The van der Waals surface area contributed by atoms with Crippen LogP contribution in [0.15, 0.2) is 28.7 Å². The second-order valence-electron chi connectivity index (χ2n) is 3.52. The van der Waals surface area contributed by atoms with Gasteiger partial charge < -0.3 is 4.74 Å². The van der Waals surface area contributed by atoms with Crippen LogP contribution in [0.3, 0.4) is 0 Å². The summed E-state index contributed by atoms with van der Waals surface area (Å²) in [4.78, 5) is 0. The van der Waals surface area contributed by atoms with Crippen LogP contribution in [-0.2, 0) is 4.74 Å². The summed E-state index contributed by atoms with van der Waals surface area (Å²) in [6.07, 6.45) is 1.23. The molecule has 0 aliphatic carbocycles. The predicted octanol–water partition coefficient (Wildman–Crippen LogP) is 3.77. The van der Waals surface area contributed by atoms with E-state index in [-0.39, 0.29) is 6.10 Å². The van der Waals surface area contributed by atoms with Crippen molar-refractivity contribution < 1.29 is 4.74 Å². The fourth-order valence-corrected chi connectivity index (χ4v) is 2.67. The highest BCUT2D eigenvalue weighted by atomic mass is 79.9. The first-order chi connectivity index (χ1) is 6.83. The van der Waals surface area contributed by atoms with Crippen LogP contribution in [0.25, 0.3) is 0 Å². The third kappa shape index (κ3) is 1.97. The van der Waals surface area contributed by atoms with Gasteiger partial charge in [0.15, 0.2) is 0 Å². The van der Waals surface area contributed by atoms with Gasteiger partial charge in [-0.05, 0) is 18.1 Å². The number of halogens is 2. The maximum Gasteiger partial charge on any atom is 0.0876 e. The van der Waals surface area contributed by atoms with Gasteiger partial charge in [0.05, 0.1) is 6.10 Å². The van der Waals surface area contributed by atoms with Gasteiger partial charge in [-0.2, -0.15) is 0 Å². The number of alkyl halides is 1. The summed E-state index contributed by atoms with van der Waals surface area (Å²) >= 11 is 9.45. The van der Waals surface area contributed by atoms with Crippen molar-refractivity contribution in [2.24, 2.45) is 5.92 Å². The van der Waals surface area contributed by atoms with E-state index in [0.29, 0.717) is 11.8 Å². The highest BCUT2D eigenvalue weighted by molar-refractivity contribution is 9.10. The molecule has 14 heavy (non-hydrogen) atoms. The average molecular weight is 276 g/mol. The molecule has 76 valence electrons. The van der Waals surface area contributed by atoms with Crippen molar-refractivity contribution in [2.45, 2.75) is 12.5 Å². The van der Waals surface area contributed by atoms with Gasteiger partial charge in [0, 0.05) is 22.9 Å². The first kappa shape index (κ1) is 10.5. The number of rotatable bonds is 2. The van der Waals surface area contributed by atoms with Crippen LogP contribution in [0.5, 0.6) is 0 Å². The summed E-state index contributed by atoms with van der Waals surface area (Å²) in [6, 6.07) is 8.19. The topological polar surface area (TPSA) is 9.23 Å². The third-order valence-corrected chi connectivity index (χ3v) is 3.74. The Hall–Kier alpha value is -0.0500. The van der Waals surface area contributed by atoms with E-state index in [1.807, 2.05) is 18.2 Å². The Morgan fingerprint density at radius 2 is 2.21 bits per heavy atom.